The number of nitrogens with one attached hydrogen (secondary N) is 1. The van der Waals surface area contributed by atoms with Crippen LogP contribution in [0.25, 0.3) is 0 Å². The van der Waals surface area contributed by atoms with Crippen LogP contribution in [-0.2, 0) is 4.79 Å². The molecule has 3 amide bonds. The molecule has 3 saturated heterocycles. The lowest BCUT2D eigenvalue weighted by Gasteiger charge is -2.43. The third-order valence-corrected chi connectivity index (χ3v) is 5.48. The smallest absolute Gasteiger partial charge is 0.327 e. The fourth-order valence-electron chi connectivity index (χ4n) is 4.25. The molecule has 3 aliphatic heterocycles. The maximum Gasteiger partial charge on any atom is 0.327 e. The zero-order chi connectivity index (χ0) is 18.4. The van der Waals surface area contributed by atoms with Gasteiger partial charge >= 0.3 is 6.03 Å². The van der Waals surface area contributed by atoms with Crippen molar-refractivity contribution in [3.8, 4) is 0 Å². The van der Waals surface area contributed by atoms with Crippen molar-refractivity contribution in [3.63, 3.8) is 0 Å². The Morgan fingerprint density at radius 1 is 1.19 bits per heavy atom. The fraction of sp³-hybridized carbons (Fsp3) is 0.556. The number of halogens is 1. The first kappa shape index (κ1) is 17.2. The number of benzene rings is 1. The van der Waals surface area contributed by atoms with E-state index in [4.69, 9.17) is 0 Å². The van der Waals surface area contributed by atoms with Crippen molar-refractivity contribution in [3.05, 3.63) is 30.1 Å². The number of fused-ring (bicyclic) bond motifs is 3. The van der Waals surface area contributed by atoms with Gasteiger partial charge in [-0.2, -0.15) is 0 Å². The van der Waals surface area contributed by atoms with Gasteiger partial charge in [-0.05, 0) is 37.1 Å². The number of amides is 3. The van der Waals surface area contributed by atoms with Gasteiger partial charge in [0.25, 0.3) is 5.91 Å². The van der Waals surface area contributed by atoms with Gasteiger partial charge in [0.05, 0.1) is 0 Å². The lowest BCUT2D eigenvalue weighted by Crippen LogP contribution is -2.66. The van der Waals surface area contributed by atoms with Crippen molar-refractivity contribution in [2.24, 2.45) is 0 Å². The van der Waals surface area contributed by atoms with E-state index in [2.05, 4.69) is 15.1 Å². The second-order valence-corrected chi connectivity index (χ2v) is 7.07. The van der Waals surface area contributed by atoms with Crippen molar-refractivity contribution in [2.75, 3.05) is 31.6 Å². The van der Waals surface area contributed by atoms with E-state index in [9.17, 15) is 14.0 Å². The summed E-state index contributed by atoms with van der Waals surface area (Å²) in [6.45, 7) is 3.99. The van der Waals surface area contributed by atoms with Crippen LogP contribution in [0, 0.1) is 5.82 Å². The molecule has 3 fully saturated rings. The molecular weight excluding hydrogens is 337 g/mol. The van der Waals surface area contributed by atoms with Crippen molar-refractivity contribution < 1.29 is 14.0 Å². The van der Waals surface area contributed by atoms with Crippen molar-refractivity contribution in [1.29, 1.82) is 0 Å². The van der Waals surface area contributed by atoms with E-state index in [1.165, 1.54) is 17.0 Å². The van der Waals surface area contributed by atoms with Crippen LogP contribution in [0.1, 0.15) is 19.8 Å². The minimum absolute atomic E-state index is 0.129. The molecule has 0 spiro atoms. The van der Waals surface area contributed by atoms with Gasteiger partial charge in [0.15, 0.2) is 0 Å². The molecule has 0 bridgehead atoms. The lowest BCUT2D eigenvalue weighted by atomic mass is 10.1. The van der Waals surface area contributed by atoms with E-state index in [0.29, 0.717) is 6.54 Å². The first-order chi connectivity index (χ1) is 12.5. The maximum atomic E-state index is 13.3. The van der Waals surface area contributed by atoms with Crippen LogP contribution in [-0.4, -0.2) is 71.8 Å². The molecule has 0 aliphatic carbocycles. The lowest BCUT2D eigenvalue weighted by molar-refractivity contribution is -0.138. The SMILES string of the molecule is CCCN1C(=O)C2C(NC3N(c4ccc(F)cc4)CCCN23)N(C)C1=O. The highest BCUT2D eigenvalue weighted by Crippen LogP contribution is 2.33. The molecule has 3 atom stereocenters. The third kappa shape index (κ3) is 2.55. The first-order valence-corrected chi connectivity index (χ1v) is 9.15. The van der Waals surface area contributed by atoms with Gasteiger partial charge in [-0.1, -0.05) is 6.92 Å². The minimum atomic E-state index is -0.391. The van der Waals surface area contributed by atoms with Gasteiger partial charge in [-0.3, -0.25) is 19.9 Å². The number of carbonyl (C=O) groups excluding carboxylic acids is 2. The molecule has 1 N–H and O–H groups in total. The van der Waals surface area contributed by atoms with Gasteiger partial charge in [-0.25, -0.2) is 9.18 Å². The van der Waals surface area contributed by atoms with Crippen LogP contribution in [0.4, 0.5) is 14.9 Å². The molecule has 0 radical (unpaired) electrons. The monoisotopic (exact) mass is 361 g/mol. The summed E-state index contributed by atoms with van der Waals surface area (Å²) in [5.41, 5.74) is 0.902. The van der Waals surface area contributed by atoms with E-state index >= 15 is 0 Å². The van der Waals surface area contributed by atoms with Gasteiger partial charge < -0.3 is 9.80 Å². The summed E-state index contributed by atoms with van der Waals surface area (Å²) in [6, 6.07) is 5.75. The molecule has 3 aliphatic rings. The zero-order valence-corrected chi connectivity index (χ0v) is 15.1. The number of nitrogens with zero attached hydrogens (tertiary/aromatic N) is 4. The predicted molar refractivity (Wildman–Crippen MR) is 94.7 cm³/mol. The summed E-state index contributed by atoms with van der Waals surface area (Å²) in [4.78, 5) is 32.9. The third-order valence-electron chi connectivity index (χ3n) is 5.48. The molecule has 3 unspecified atom stereocenters. The summed E-state index contributed by atoms with van der Waals surface area (Å²) in [6.07, 6.45) is 1.10. The van der Waals surface area contributed by atoms with E-state index < -0.39 is 6.04 Å². The number of imide groups is 1. The molecule has 1 aromatic carbocycles. The van der Waals surface area contributed by atoms with E-state index in [1.54, 1.807) is 24.1 Å². The highest BCUT2D eigenvalue weighted by Gasteiger charge is 2.55. The Balaban J connectivity index is 1.64. The van der Waals surface area contributed by atoms with Gasteiger partial charge in [0.2, 0.25) is 0 Å². The molecule has 7 nitrogen and oxygen atoms in total. The minimum Gasteiger partial charge on any atom is -0.343 e. The highest BCUT2D eigenvalue weighted by molar-refractivity contribution is 6.00. The molecule has 0 aromatic heterocycles. The first-order valence-electron chi connectivity index (χ1n) is 9.15. The number of carbonyl (C=O) groups is 2. The molecular formula is C18H24FN5O2. The van der Waals surface area contributed by atoms with Crippen LogP contribution >= 0.6 is 0 Å². The van der Waals surface area contributed by atoms with Crippen LogP contribution in [0.2, 0.25) is 0 Å². The Hall–Kier alpha value is -2.19. The Morgan fingerprint density at radius 3 is 2.62 bits per heavy atom. The summed E-state index contributed by atoms with van der Waals surface area (Å²) < 4.78 is 13.3. The standard InChI is InChI=1S/C18H24FN5O2/c1-3-9-24-16(25)14-15(21(2)18(24)26)20-17-22(10-4-11-23(14)17)13-7-5-12(19)6-8-13/h5-8,14-15,17,20H,3-4,9-11H2,1-2H3. The second kappa shape index (κ2) is 6.51. The van der Waals surface area contributed by atoms with Crippen LogP contribution in [0.15, 0.2) is 24.3 Å². The highest BCUT2D eigenvalue weighted by atomic mass is 19.1. The molecule has 8 heteroatoms. The zero-order valence-electron chi connectivity index (χ0n) is 15.1. The number of likely N-dealkylation sites (N-methyl/N-ethyl adjacent to an activating group) is 1. The predicted octanol–water partition coefficient (Wildman–Crippen LogP) is 1.22. The quantitative estimate of drug-likeness (QED) is 0.877. The average molecular weight is 361 g/mol. The number of anilines is 1. The number of urea groups is 1. The largest absolute Gasteiger partial charge is 0.343 e. The molecule has 140 valence electrons. The van der Waals surface area contributed by atoms with Crippen molar-refractivity contribution >= 4 is 17.6 Å². The Labute approximate surface area is 152 Å². The summed E-state index contributed by atoms with van der Waals surface area (Å²) >= 11 is 0. The molecule has 3 heterocycles. The van der Waals surface area contributed by atoms with Crippen molar-refractivity contribution in [1.82, 2.24) is 20.0 Å². The molecule has 4 rings (SSSR count). The van der Waals surface area contributed by atoms with E-state index in [0.717, 1.165) is 31.6 Å². The summed E-state index contributed by atoms with van der Waals surface area (Å²) in [7, 11) is 1.74. The van der Waals surface area contributed by atoms with Crippen LogP contribution in [0.5, 0.6) is 0 Å². The second-order valence-electron chi connectivity index (χ2n) is 7.07. The Morgan fingerprint density at radius 2 is 1.92 bits per heavy atom. The number of hydrogen-bond donors (Lipinski definition) is 1. The van der Waals surface area contributed by atoms with Crippen LogP contribution in [0.3, 0.4) is 0 Å². The summed E-state index contributed by atoms with van der Waals surface area (Å²) in [5.74, 6) is -0.401. The number of hydrogen-bond acceptors (Lipinski definition) is 5. The van der Waals surface area contributed by atoms with E-state index in [1.807, 2.05) is 6.92 Å². The molecule has 0 saturated carbocycles. The topological polar surface area (TPSA) is 59.1 Å². The molecule has 1 aromatic rings. The van der Waals surface area contributed by atoms with Gasteiger partial charge in [0, 0.05) is 32.4 Å². The number of rotatable bonds is 3. The average Bonchev–Trinajstić information content (AvgIpc) is 3.04. The fourth-order valence-corrected chi connectivity index (χ4v) is 4.25. The van der Waals surface area contributed by atoms with Gasteiger partial charge in [0.1, 0.15) is 24.3 Å². The normalized spacial score (nSPS) is 29.2. The van der Waals surface area contributed by atoms with E-state index in [-0.39, 0.29) is 30.2 Å². The summed E-state index contributed by atoms with van der Waals surface area (Å²) in [5, 5.41) is 3.45. The Bertz CT molecular complexity index is 712. The molecule has 26 heavy (non-hydrogen) atoms. The van der Waals surface area contributed by atoms with Crippen LogP contribution < -0.4 is 10.2 Å². The van der Waals surface area contributed by atoms with Gasteiger partial charge in [-0.15, -0.1) is 0 Å². The Kier molecular flexibility index (Phi) is 4.32. The van der Waals surface area contributed by atoms with Crippen molar-refractivity contribution in [2.45, 2.75) is 38.3 Å². The maximum absolute atomic E-state index is 13.3.